The topological polar surface area (TPSA) is 105 Å². The number of anilines is 1. The van der Waals surface area contributed by atoms with Crippen molar-refractivity contribution in [3.05, 3.63) is 83.4 Å². The van der Waals surface area contributed by atoms with Gasteiger partial charge >= 0.3 is 0 Å². The molecule has 0 aromatic heterocycles. The second kappa shape index (κ2) is 14.6. The summed E-state index contributed by atoms with van der Waals surface area (Å²) in [6.45, 7) is 5.13. The molecule has 10 heteroatoms. The fourth-order valence-electron chi connectivity index (χ4n) is 5.47. The van der Waals surface area contributed by atoms with Crippen LogP contribution in [0, 0.1) is 13.8 Å². The average molecular weight is 622 g/mol. The lowest BCUT2D eigenvalue weighted by molar-refractivity contribution is -0.139. The van der Waals surface area contributed by atoms with Gasteiger partial charge in [0.1, 0.15) is 12.6 Å². The van der Waals surface area contributed by atoms with E-state index in [2.05, 4.69) is 5.32 Å². The Hall–Kier alpha value is -4.05. The van der Waals surface area contributed by atoms with Crippen LogP contribution < -0.4 is 19.1 Å². The highest BCUT2D eigenvalue weighted by Gasteiger charge is 2.33. The summed E-state index contributed by atoms with van der Waals surface area (Å²) in [5.74, 6) is -0.0223. The summed E-state index contributed by atoms with van der Waals surface area (Å²) in [7, 11) is -1.25. The van der Waals surface area contributed by atoms with Gasteiger partial charge in [-0.2, -0.15) is 0 Å². The molecule has 4 rings (SSSR count). The van der Waals surface area contributed by atoms with Gasteiger partial charge in [0.25, 0.3) is 10.0 Å². The first-order valence-corrected chi connectivity index (χ1v) is 16.4. The Morgan fingerprint density at radius 1 is 0.909 bits per heavy atom. The molecule has 236 valence electrons. The van der Waals surface area contributed by atoms with Gasteiger partial charge in [-0.1, -0.05) is 61.2 Å². The fourth-order valence-corrected chi connectivity index (χ4v) is 6.87. The van der Waals surface area contributed by atoms with Crippen molar-refractivity contribution in [2.75, 3.05) is 25.1 Å². The Morgan fingerprint density at radius 3 is 2.20 bits per heavy atom. The molecule has 1 aliphatic rings. The van der Waals surface area contributed by atoms with Crippen LogP contribution in [0.4, 0.5) is 5.69 Å². The second-order valence-corrected chi connectivity index (χ2v) is 13.2. The Bertz CT molecular complexity index is 1550. The third-order valence-electron chi connectivity index (χ3n) is 8.26. The Balaban J connectivity index is 1.73. The maximum atomic E-state index is 14.3. The summed E-state index contributed by atoms with van der Waals surface area (Å²) < 4.78 is 40.2. The van der Waals surface area contributed by atoms with Crippen molar-refractivity contribution in [2.45, 2.75) is 76.4 Å². The lowest BCUT2D eigenvalue weighted by Crippen LogP contribution is -2.53. The summed E-state index contributed by atoms with van der Waals surface area (Å²) in [6, 6.07) is 18.1. The number of benzene rings is 3. The molecule has 2 amide bonds. The maximum Gasteiger partial charge on any atom is 0.264 e. The second-order valence-electron chi connectivity index (χ2n) is 11.3. The average Bonchev–Trinajstić information content (AvgIpc) is 3.03. The predicted octanol–water partition coefficient (Wildman–Crippen LogP) is 5.38. The van der Waals surface area contributed by atoms with Crippen LogP contribution in [0.25, 0.3) is 0 Å². The molecule has 1 aliphatic carbocycles. The van der Waals surface area contributed by atoms with Gasteiger partial charge in [0.2, 0.25) is 11.8 Å². The monoisotopic (exact) mass is 621 g/mol. The maximum absolute atomic E-state index is 14.3. The van der Waals surface area contributed by atoms with Gasteiger partial charge in [-0.25, -0.2) is 8.42 Å². The molecule has 3 aromatic carbocycles. The predicted molar refractivity (Wildman–Crippen MR) is 171 cm³/mol. The lowest BCUT2D eigenvalue weighted by Gasteiger charge is -2.33. The highest BCUT2D eigenvalue weighted by molar-refractivity contribution is 7.92. The van der Waals surface area contributed by atoms with Crippen molar-refractivity contribution in [1.82, 2.24) is 10.2 Å². The van der Waals surface area contributed by atoms with E-state index in [1.54, 1.807) is 31.2 Å². The van der Waals surface area contributed by atoms with Gasteiger partial charge in [-0.15, -0.1) is 0 Å². The minimum absolute atomic E-state index is 0.0410. The van der Waals surface area contributed by atoms with Gasteiger partial charge in [-0.05, 0) is 69.0 Å². The first-order valence-electron chi connectivity index (χ1n) is 15.0. The molecular weight excluding hydrogens is 578 g/mol. The van der Waals surface area contributed by atoms with E-state index in [1.165, 1.54) is 37.3 Å². The van der Waals surface area contributed by atoms with Gasteiger partial charge in [0, 0.05) is 18.7 Å². The fraction of sp³-hybridized carbons (Fsp3) is 0.412. The SMILES string of the molecule is COc1ccc(N(CC(=O)N(Cc2ccccc2C)[C@H](C)C(=O)NC2CCCCC2)S(=O)(=O)c2ccc(C)cc2)cc1OC. The summed E-state index contributed by atoms with van der Waals surface area (Å²) >= 11 is 0. The third-order valence-corrected chi connectivity index (χ3v) is 10.1. The molecule has 0 bridgehead atoms. The van der Waals surface area contributed by atoms with Crippen molar-refractivity contribution in [2.24, 2.45) is 0 Å². The Kier molecular flexibility index (Phi) is 10.9. The van der Waals surface area contributed by atoms with Crippen LogP contribution >= 0.6 is 0 Å². The number of hydrogen-bond acceptors (Lipinski definition) is 6. The molecule has 44 heavy (non-hydrogen) atoms. The van der Waals surface area contributed by atoms with E-state index in [0.29, 0.717) is 11.5 Å². The number of amides is 2. The zero-order valence-electron chi connectivity index (χ0n) is 26.2. The van der Waals surface area contributed by atoms with Crippen molar-refractivity contribution in [3.63, 3.8) is 0 Å². The molecule has 0 heterocycles. The Labute approximate surface area is 261 Å². The molecule has 0 unspecified atom stereocenters. The molecule has 0 saturated heterocycles. The molecule has 1 saturated carbocycles. The van der Waals surface area contributed by atoms with Crippen LogP contribution in [0.15, 0.2) is 71.6 Å². The number of carbonyl (C=O) groups excluding carboxylic acids is 2. The third kappa shape index (κ3) is 7.72. The molecule has 0 radical (unpaired) electrons. The van der Waals surface area contributed by atoms with Crippen LogP contribution in [0.1, 0.15) is 55.7 Å². The number of methoxy groups -OCH3 is 2. The van der Waals surface area contributed by atoms with Gasteiger partial charge < -0.3 is 19.7 Å². The van der Waals surface area contributed by atoms with Crippen LogP contribution in [-0.2, 0) is 26.2 Å². The van der Waals surface area contributed by atoms with Crippen LogP contribution in [0.3, 0.4) is 0 Å². The zero-order valence-corrected chi connectivity index (χ0v) is 27.0. The number of carbonyl (C=O) groups is 2. The lowest BCUT2D eigenvalue weighted by atomic mass is 9.95. The molecule has 3 aromatic rings. The van der Waals surface area contributed by atoms with E-state index in [4.69, 9.17) is 9.47 Å². The smallest absolute Gasteiger partial charge is 0.264 e. The van der Waals surface area contributed by atoms with Gasteiger partial charge in [0.05, 0.1) is 24.8 Å². The van der Waals surface area contributed by atoms with E-state index < -0.39 is 28.5 Å². The summed E-state index contributed by atoms with van der Waals surface area (Å²) in [5, 5.41) is 3.13. The zero-order chi connectivity index (χ0) is 31.9. The molecular formula is C34H43N3O6S. The first kappa shape index (κ1) is 32.9. The van der Waals surface area contributed by atoms with Crippen LogP contribution in [0.2, 0.25) is 0 Å². The van der Waals surface area contributed by atoms with Crippen molar-refractivity contribution >= 4 is 27.5 Å². The quantitative estimate of drug-likeness (QED) is 0.291. The van der Waals surface area contributed by atoms with Gasteiger partial charge in [-0.3, -0.25) is 13.9 Å². The minimum Gasteiger partial charge on any atom is -0.493 e. The number of hydrogen-bond donors (Lipinski definition) is 1. The summed E-state index contributed by atoms with van der Waals surface area (Å²) in [6.07, 6.45) is 5.09. The first-order chi connectivity index (χ1) is 21.0. The number of rotatable bonds is 12. The van der Waals surface area contributed by atoms with Crippen molar-refractivity contribution < 1.29 is 27.5 Å². The summed E-state index contributed by atoms with van der Waals surface area (Å²) in [4.78, 5) is 29.3. The number of aryl methyl sites for hydroxylation is 2. The highest BCUT2D eigenvalue weighted by atomic mass is 32.2. The largest absolute Gasteiger partial charge is 0.493 e. The number of nitrogens with zero attached hydrogens (tertiary/aromatic N) is 2. The molecule has 1 fully saturated rings. The molecule has 0 spiro atoms. The standard InChI is InChI=1S/C34H43N3O6S/c1-24-15-18-30(19-16-24)44(40,41)37(29-17-20-31(42-4)32(21-29)43-5)23-33(38)36(22-27-12-10-9-11-25(27)2)26(3)34(39)35-28-13-7-6-8-14-28/h9-12,15-21,26,28H,6-8,13-14,22-23H2,1-5H3,(H,35,39)/t26-/m1/s1. The Morgan fingerprint density at radius 2 is 1.57 bits per heavy atom. The number of sulfonamides is 1. The molecule has 9 nitrogen and oxygen atoms in total. The number of ether oxygens (including phenoxy) is 2. The molecule has 0 aliphatic heterocycles. The van der Waals surface area contributed by atoms with Crippen molar-refractivity contribution in [1.29, 1.82) is 0 Å². The number of nitrogens with one attached hydrogen (secondary N) is 1. The van der Waals surface area contributed by atoms with Crippen LogP contribution in [-0.4, -0.2) is 58.0 Å². The van der Waals surface area contributed by atoms with E-state index in [9.17, 15) is 18.0 Å². The van der Waals surface area contributed by atoms with E-state index in [1.807, 2.05) is 38.1 Å². The van der Waals surface area contributed by atoms with Crippen molar-refractivity contribution in [3.8, 4) is 11.5 Å². The molecule has 1 N–H and O–H groups in total. The van der Waals surface area contributed by atoms with E-state index >= 15 is 0 Å². The minimum atomic E-state index is -4.20. The van der Waals surface area contributed by atoms with Gasteiger partial charge in [0.15, 0.2) is 11.5 Å². The highest BCUT2D eigenvalue weighted by Crippen LogP contribution is 2.34. The molecule has 1 atom stereocenters. The summed E-state index contributed by atoms with van der Waals surface area (Å²) in [5.41, 5.74) is 2.97. The van der Waals surface area contributed by atoms with E-state index in [-0.39, 0.29) is 29.1 Å². The normalized spacial score (nSPS) is 14.4. The van der Waals surface area contributed by atoms with E-state index in [0.717, 1.165) is 53.1 Å². The van der Waals surface area contributed by atoms with Crippen LogP contribution in [0.5, 0.6) is 11.5 Å².